The second-order valence-electron chi connectivity index (χ2n) is 6.59. The lowest BCUT2D eigenvalue weighted by atomic mass is 9.75. The number of hydrogen-bond donors (Lipinski definition) is 2. The quantitative estimate of drug-likeness (QED) is 0.870. The summed E-state index contributed by atoms with van der Waals surface area (Å²) in [6.45, 7) is 0.781. The molecule has 2 nitrogen and oxygen atoms in total. The van der Waals surface area contributed by atoms with E-state index in [9.17, 15) is 5.11 Å². The fourth-order valence-electron chi connectivity index (χ4n) is 3.54. The van der Waals surface area contributed by atoms with E-state index in [4.69, 9.17) is 0 Å². The minimum absolute atomic E-state index is 0.431. The molecule has 3 rings (SSSR count). The van der Waals surface area contributed by atoms with Crippen LogP contribution < -0.4 is 5.32 Å². The van der Waals surface area contributed by atoms with Gasteiger partial charge in [-0.25, -0.2) is 0 Å². The van der Waals surface area contributed by atoms with Gasteiger partial charge in [0, 0.05) is 17.1 Å². The molecule has 0 saturated heterocycles. The first-order valence-corrected chi connectivity index (χ1v) is 8.65. The first kappa shape index (κ1) is 14.6. The Morgan fingerprint density at radius 1 is 1.20 bits per heavy atom. The van der Waals surface area contributed by atoms with Gasteiger partial charge in [-0.2, -0.15) is 0 Å². The maximum absolute atomic E-state index is 10.5. The average Bonchev–Trinajstić information content (AvgIpc) is 2.38. The molecule has 20 heavy (non-hydrogen) atoms. The van der Waals surface area contributed by atoms with Crippen LogP contribution in [0.4, 0.5) is 0 Å². The van der Waals surface area contributed by atoms with Crippen LogP contribution in [0.5, 0.6) is 0 Å². The van der Waals surface area contributed by atoms with Crippen LogP contribution in [0, 0.1) is 0 Å². The van der Waals surface area contributed by atoms with E-state index in [-0.39, 0.29) is 0 Å². The summed E-state index contributed by atoms with van der Waals surface area (Å²) in [7, 11) is 0. The summed E-state index contributed by atoms with van der Waals surface area (Å²) in [5.41, 5.74) is 1.01. The lowest BCUT2D eigenvalue weighted by Crippen LogP contribution is -2.49. The fraction of sp³-hybridized carbons (Fsp3) is 0.647. The van der Waals surface area contributed by atoms with E-state index in [0.29, 0.717) is 12.0 Å². The first-order valence-electron chi connectivity index (χ1n) is 7.86. The van der Waals surface area contributed by atoms with Gasteiger partial charge in [-0.3, -0.25) is 0 Å². The zero-order valence-electron chi connectivity index (χ0n) is 11.9. The number of hydrogen-bond acceptors (Lipinski definition) is 2. The molecule has 110 valence electrons. The summed E-state index contributed by atoms with van der Waals surface area (Å²) in [6, 6.07) is 9.24. The highest BCUT2D eigenvalue weighted by atomic mass is 79.9. The van der Waals surface area contributed by atoms with Crippen molar-refractivity contribution in [1.82, 2.24) is 5.32 Å². The third kappa shape index (κ3) is 3.44. The van der Waals surface area contributed by atoms with E-state index in [0.717, 1.165) is 19.4 Å². The molecule has 3 heteroatoms. The van der Waals surface area contributed by atoms with E-state index in [2.05, 4.69) is 45.5 Å². The largest absolute Gasteiger partial charge is 0.389 e. The van der Waals surface area contributed by atoms with Crippen LogP contribution in [0.25, 0.3) is 0 Å². The molecule has 0 radical (unpaired) electrons. The van der Waals surface area contributed by atoms with Crippen molar-refractivity contribution in [2.45, 2.75) is 62.5 Å². The smallest absolute Gasteiger partial charge is 0.0771 e. The van der Waals surface area contributed by atoms with Gasteiger partial charge in [0.05, 0.1) is 5.60 Å². The molecule has 1 aromatic rings. The predicted octanol–water partition coefficient (Wildman–Crippen LogP) is 3.98. The molecule has 0 atom stereocenters. The van der Waals surface area contributed by atoms with Gasteiger partial charge >= 0.3 is 0 Å². The lowest BCUT2D eigenvalue weighted by Gasteiger charge is -2.40. The van der Waals surface area contributed by atoms with Crippen LogP contribution in [0.1, 0.15) is 56.4 Å². The van der Waals surface area contributed by atoms with Crippen molar-refractivity contribution >= 4 is 15.9 Å². The highest BCUT2D eigenvalue weighted by Crippen LogP contribution is 2.38. The maximum Gasteiger partial charge on any atom is 0.0771 e. The summed E-state index contributed by atoms with van der Waals surface area (Å²) in [4.78, 5) is 0. The van der Waals surface area contributed by atoms with E-state index in [1.807, 2.05) is 0 Å². The second kappa shape index (κ2) is 6.17. The van der Waals surface area contributed by atoms with Crippen molar-refractivity contribution in [3.8, 4) is 0 Å². The molecule has 2 aliphatic rings. The highest BCUT2D eigenvalue weighted by molar-refractivity contribution is 9.10. The van der Waals surface area contributed by atoms with Gasteiger partial charge in [-0.1, -0.05) is 47.3 Å². The van der Waals surface area contributed by atoms with Crippen LogP contribution in [0.2, 0.25) is 0 Å². The van der Waals surface area contributed by atoms with E-state index < -0.39 is 5.60 Å². The summed E-state index contributed by atoms with van der Waals surface area (Å²) < 4.78 is 1.17. The number of rotatable bonds is 4. The normalized spacial score (nSPS) is 28.9. The minimum Gasteiger partial charge on any atom is -0.389 e. The Kier molecular flexibility index (Phi) is 4.49. The Labute approximate surface area is 130 Å². The van der Waals surface area contributed by atoms with Gasteiger partial charge in [0.2, 0.25) is 0 Å². The highest BCUT2D eigenvalue weighted by Gasteiger charge is 2.34. The van der Waals surface area contributed by atoms with Gasteiger partial charge in [0.1, 0.15) is 0 Å². The average molecular weight is 338 g/mol. The Bertz CT molecular complexity index is 450. The molecule has 1 aromatic carbocycles. The molecule has 0 aromatic heterocycles. The molecule has 0 amide bonds. The Morgan fingerprint density at radius 3 is 2.65 bits per heavy atom. The van der Waals surface area contributed by atoms with Gasteiger partial charge in [0.15, 0.2) is 0 Å². The van der Waals surface area contributed by atoms with E-state index in [1.54, 1.807) is 0 Å². The number of aliphatic hydroxyl groups is 1. The van der Waals surface area contributed by atoms with Gasteiger partial charge in [-0.15, -0.1) is 0 Å². The SMILES string of the molecule is OC1(CNC2CC(c3cccc(Br)c3)C2)CCCCC1. The van der Waals surface area contributed by atoms with Crippen LogP contribution in [-0.2, 0) is 0 Å². The van der Waals surface area contributed by atoms with Gasteiger partial charge in [0.25, 0.3) is 0 Å². The fourth-order valence-corrected chi connectivity index (χ4v) is 3.96. The van der Waals surface area contributed by atoms with E-state index in [1.165, 1.54) is 42.1 Å². The number of halogens is 1. The Morgan fingerprint density at radius 2 is 1.95 bits per heavy atom. The molecule has 2 fully saturated rings. The first-order chi connectivity index (χ1) is 9.65. The molecular formula is C17H24BrNO. The Hall–Kier alpha value is -0.380. The van der Waals surface area contributed by atoms with Crippen molar-refractivity contribution in [2.75, 3.05) is 6.54 Å². The third-order valence-electron chi connectivity index (χ3n) is 4.96. The minimum atomic E-state index is -0.431. The standard InChI is InChI=1S/C17H24BrNO/c18-15-6-4-5-13(9-15)14-10-16(11-14)19-12-17(20)7-2-1-3-8-17/h4-6,9,14,16,19-20H,1-3,7-8,10-12H2. The van der Waals surface area contributed by atoms with Crippen molar-refractivity contribution < 1.29 is 5.11 Å². The second-order valence-corrected chi connectivity index (χ2v) is 7.50. The molecule has 0 heterocycles. The monoisotopic (exact) mass is 337 g/mol. The summed E-state index contributed by atoms with van der Waals surface area (Å²) >= 11 is 3.54. The third-order valence-corrected chi connectivity index (χ3v) is 5.46. The van der Waals surface area contributed by atoms with Crippen molar-refractivity contribution in [1.29, 1.82) is 0 Å². The number of benzene rings is 1. The van der Waals surface area contributed by atoms with Crippen LogP contribution in [0.15, 0.2) is 28.7 Å². The van der Waals surface area contributed by atoms with Crippen molar-refractivity contribution in [2.24, 2.45) is 0 Å². The maximum atomic E-state index is 10.5. The Balaban J connectivity index is 1.44. The predicted molar refractivity (Wildman–Crippen MR) is 85.9 cm³/mol. The van der Waals surface area contributed by atoms with Gasteiger partial charge < -0.3 is 10.4 Å². The topological polar surface area (TPSA) is 32.3 Å². The van der Waals surface area contributed by atoms with Crippen LogP contribution in [0.3, 0.4) is 0 Å². The lowest BCUT2D eigenvalue weighted by molar-refractivity contribution is -0.000286. The van der Waals surface area contributed by atoms with Crippen LogP contribution in [-0.4, -0.2) is 23.3 Å². The zero-order chi connectivity index (χ0) is 14.0. The van der Waals surface area contributed by atoms with E-state index >= 15 is 0 Å². The molecular weight excluding hydrogens is 314 g/mol. The van der Waals surface area contributed by atoms with Crippen molar-refractivity contribution in [3.05, 3.63) is 34.3 Å². The molecule has 2 N–H and O–H groups in total. The zero-order valence-corrected chi connectivity index (χ0v) is 13.5. The summed E-state index contributed by atoms with van der Waals surface area (Å²) in [6.07, 6.45) is 8.01. The summed E-state index contributed by atoms with van der Waals surface area (Å²) in [5.74, 6) is 0.686. The molecule has 0 unspecified atom stereocenters. The molecule has 0 bridgehead atoms. The number of nitrogens with one attached hydrogen (secondary N) is 1. The van der Waals surface area contributed by atoms with Crippen molar-refractivity contribution in [3.63, 3.8) is 0 Å². The molecule has 2 saturated carbocycles. The van der Waals surface area contributed by atoms with Crippen LogP contribution >= 0.6 is 15.9 Å². The van der Waals surface area contributed by atoms with Gasteiger partial charge in [-0.05, 0) is 49.3 Å². The summed E-state index contributed by atoms with van der Waals surface area (Å²) in [5, 5.41) is 14.1. The molecule has 2 aliphatic carbocycles. The molecule has 0 aliphatic heterocycles. The molecule has 0 spiro atoms.